The molecule has 0 saturated carbocycles. The van der Waals surface area contributed by atoms with Gasteiger partial charge in [0.15, 0.2) is 6.61 Å². The zero-order valence-corrected chi connectivity index (χ0v) is 13.4. The molecule has 1 amide bonds. The maximum atomic E-state index is 12.6. The van der Waals surface area contributed by atoms with E-state index in [-0.39, 0.29) is 18.4 Å². The van der Waals surface area contributed by atoms with Crippen LogP contribution in [0.1, 0.15) is 29.7 Å². The number of hydrogen-bond acceptors (Lipinski definition) is 2. The molecule has 1 unspecified atom stereocenters. The van der Waals surface area contributed by atoms with Crippen molar-refractivity contribution in [3.8, 4) is 5.75 Å². The molecule has 0 aliphatic rings. The van der Waals surface area contributed by atoms with E-state index < -0.39 is 17.6 Å². The van der Waals surface area contributed by atoms with Crippen molar-refractivity contribution in [2.75, 3.05) is 6.61 Å². The zero-order valence-electron chi connectivity index (χ0n) is 13.4. The number of carbonyl (C=O) groups excluding carboxylic acids is 1. The molecule has 0 spiro atoms. The summed E-state index contributed by atoms with van der Waals surface area (Å²) in [5, 5.41) is 2.74. The number of amides is 1. The fraction of sp³-hybridized carbons (Fsp3) is 0.278. The smallest absolute Gasteiger partial charge is 0.416 e. The lowest BCUT2D eigenvalue weighted by Gasteiger charge is -2.15. The second kappa shape index (κ2) is 7.38. The lowest BCUT2D eigenvalue weighted by Crippen LogP contribution is -2.31. The van der Waals surface area contributed by atoms with E-state index in [2.05, 4.69) is 5.32 Å². The molecular formula is C18H18F3NO2. The van der Waals surface area contributed by atoms with E-state index >= 15 is 0 Å². The molecule has 3 nitrogen and oxygen atoms in total. The maximum absolute atomic E-state index is 12.6. The van der Waals surface area contributed by atoms with Gasteiger partial charge in [-0.2, -0.15) is 13.2 Å². The Kier molecular flexibility index (Phi) is 5.49. The van der Waals surface area contributed by atoms with Gasteiger partial charge in [0.05, 0.1) is 11.6 Å². The van der Waals surface area contributed by atoms with Crippen LogP contribution in [-0.2, 0) is 11.0 Å². The minimum atomic E-state index is -4.44. The normalized spacial score (nSPS) is 12.5. The van der Waals surface area contributed by atoms with Crippen LogP contribution in [0, 0.1) is 6.92 Å². The van der Waals surface area contributed by atoms with Crippen molar-refractivity contribution in [3.63, 3.8) is 0 Å². The number of ether oxygens (including phenoxy) is 1. The number of halogens is 3. The van der Waals surface area contributed by atoms with Crippen LogP contribution in [0.15, 0.2) is 48.5 Å². The SMILES string of the molecule is Cc1ccc(C(C)NC(=O)COc2cccc(C(F)(F)F)c2)cc1. The lowest BCUT2D eigenvalue weighted by atomic mass is 10.1. The van der Waals surface area contributed by atoms with Crippen LogP contribution in [0.3, 0.4) is 0 Å². The van der Waals surface area contributed by atoms with Crippen molar-refractivity contribution in [3.05, 3.63) is 65.2 Å². The van der Waals surface area contributed by atoms with Crippen LogP contribution in [0.4, 0.5) is 13.2 Å². The summed E-state index contributed by atoms with van der Waals surface area (Å²) in [5.74, 6) is -0.400. The first kappa shape index (κ1) is 17.8. The first-order chi connectivity index (χ1) is 11.3. The van der Waals surface area contributed by atoms with Crippen LogP contribution < -0.4 is 10.1 Å². The Morgan fingerprint density at radius 2 is 1.83 bits per heavy atom. The monoisotopic (exact) mass is 337 g/mol. The highest BCUT2D eigenvalue weighted by Crippen LogP contribution is 2.31. The van der Waals surface area contributed by atoms with Gasteiger partial charge in [-0.25, -0.2) is 0 Å². The molecule has 0 saturated heterocycles. The average molecular weight is 337 g/mol. The predicted octanol–water partition coefficient (Wildman–Crippen LogP) is 4.27. The largest absolute Gasteiger partial charge is 0.484 e. The molecule has 0 aliphatic heterocycles. The van der Waals surface area contributed by atoms with E-state index in [0.29, 0.717) is 0 Å². The van der Waals surface area contributed by atoms with Gasteiger partial charge in [-0.05, 0) is 37.6 Å². The van der Waals surface area contributed by atoms with Crippen LogP contribution in [0.25, 0.3) is 0 Å². The van der Waals surface area contributed by atoms with Crippen molar-refractivity contribution in [1.82, 2.24) is 5.32 Å². The molecule has 2 aromatic carbocycles. The number of carbonyl (C=O) groups is 1. The minimum Gasteiger partial charge on any atom is -0.484 e. The highest BCUT2D eigenvalue weighted by Gasteiger charge is 2.30. The molecule has 0 fully saturated rings. The minimum absolute atomic E-state index is 0.00274. The first-order valence-electron chi connectivity index (χ1n) is 7.41. The second-order valence-electron chi connectivity index (χ2n) is 5.51. The van der Waals surface area contributed by atoms with Crippen molar-refractivity contribution in [2.24, 2.45) is 0 Å². The van der Waals surface area contributed by atoms with E-state index in [1.807, 2.05) is 38.1 Å². The predicted molar refractivity (Wildman–Crippen MR) is 84.7 cm³/mol. The first-order valence-corrected chi connectivity index (χ1v) is 7.41. The molecule has 0 heterocycles. The summed E-state index contributed by atoms with van der Waals surface area (Å²) in [6.07, 6.45) is -4.44. The van der Waals surface area contributed by atoms with E-state index in [4.69, 9.17) is 4.74 Å². The van der Waals surface area contributed by atoms with Gasteiger partial charge in [-0.15, -0.1) is 0 Å². The second-order valence-corrected chi connectivity index (χ2v) is 5.51. The van der Waals surface area contributed by atoms with Crippen molar-refractivity contribution in [2.45, 2.75) is 26.1 Å². The molecule has 1 atom stereocenters. The van der Waals surface area contributed by atoms with Crippen LogP contribution in [0.5, 0.6) is 5.75 Å². The standard InChI is InChI=1S/C18H18F3NO2/c1-12-6-8-14(9-7-12)13(2)22-17(23)11-24-16-5-3-4-15(10-16)18(19,20)21/h3-10,13H,11H2,1-2H3,(H,22,23). The summed E-state index contributed by atoms with van der Waals surface area (Å²) in [6.45, 7) is 3.44. The van der Waals surface area contributed by atoms with E-state index in [1.165, 1.54) is 12.1 Å². The Morgan fingerprint density at radius 3 is 2.46 bits per heavy atom. The average Bonchev–Trinajstić information content (AvgIpc) is 2.53. The Bertz CT molecular complexity index is 696. The molecule has 0 bridgehead atoms. The van der Waals surface area contributed by atoms with E-state index in [9.17, 15) is 18.0 Å². The van der Waals surface area contributed by atoms with Gasteiger partial charge in [0, 0.05) is 0 Å². The summed E-state index contributed by atoms with van der Waals surface area (Å²) >= 11 is 0. The molecule has 24 heavy (non-hydrogen) atoms. The number of nitrogens with one attached hydrogen (secondary N) is 1. The fourth-order valence-corrected chi connectivity index (χ4v) is 2.13. The van der Waals surface area contributed by atoms with Crippen molar-refractivity contribution >= 4 is 5.91 Å². The maximum Gasteiger partial charge on any atom is 0.416 e. The quantitative estimate of drug-likeness (QED) is 0.885. The molecule has 0 radical (unpaired) electrons. The third kappa shape index (κ3) is 5.01. The molecule has 6 heteroatoms. The molecule has 128 valence electrons. The van der Waals surface area contributed by atoms with Gasteiger partial charge >= 0.3 is 6.18 Å². The number of aryl methyl sites for hydroxylation is 1. The van der Waals surface area contributed by atoms with Gasteiger partial charge < -0.3 is 10.1 Å². The Morgan fingerprint density at radius 1 is 1.17 bits per heavy atom. The molecule has 0 aromatic heterocycles. The summed E-state index contributed by atoms with van der Waals surface area (Å²) in [4.78, 5) is 11.9. The summed E-state index contributed by atoms with van der Waals surface area (Å²) < 4.78 is 43.0. The van der Waals surface area contributed by atoms with Gasteiger partial charge in [-0.3, -0.25) is 4.79 Å². The number of alkyl halides is 3. The zero-order chi connectivity index (χ0) is 17.7. The van der Waals surface area contributed by atoms with Gasteiger partial charge in [0.1, 0.15) is 5.75 Å². The van der Waals surface area contributed by atoms with Crippen molar-refractivity contribution < 1.29 is 22.7 Å². The number of rotatable bonds is 5. The Balaban J connectivity index is 1.90. The highest BCUT2D eigenvalue weighted by atomic mass is 19.4. The van der Waals surface area contributed by atoms with E-state index in [0.717, 1.165) is 23.3 Å². The topological polar surface area (TPSA) is 38.3 Å². The van der Waals surface area contributed by atoms with Gasteiger partial charge in [0.2, 0.25) is 0 Å². The molecule has 2 aromatic rings. The fourth-order valence-electron chi connectivity index (χ4n) is 2.13. The van der Waals surface area contributed by atoms with Gasteiger partial charge in [-0.1, -0.05) is 35.9 Å². The lowest BCUT2D eigenvalue weighted by molar-refractivity contribution is -0.137. The van der Waals surface area contributed by atoms with Crippen molar-refractivity contribution in [1.29, 1.82) is 0 Å². The van der Waals surface area contributed by atoms with Gasteiger partial charge in [0.25, 0.3) is 5.91 Å². The van der Waals surface area contributed by atoms with Crippen LogP contribution in [-0.4, -0.2) is 12.5 Å². The Labute approximate surface area is 138 Å². The summed E-state index contributed by atoms with van der Waals surface area (Å²) in [6, 6.07) is 11.9. The number of hydrogen-bond donors (Lipinski definition) is 1. The number of benzene rings is 2. The van der Waals surface area contributed by atoms with Crippen LogP contribution >= 0.6 is 0 Å². The third-order valence-electron chi connectivity index (χ3n) is 3.49. The molecule has 1 N–H and O–H groups in total. The molecule has 0 aliphatic carbocycles. The highest BCUT2D eigenvalue weighted by molar-refractivity contribution is 5.78. The Hall–Kier alpha value is -2.50. The molecular weight excluding hydrogens is 319 g/mol. The third-order valence-corrected chi connectivity index (χ3v) is 3.49. The summed E-state index contributed by atoms with van der Waals surface area (Å²) in [7, 11) is 0. The van der Waals surface area contributed by atoms with E-state index in [1.54, 1.807) is 0 Å². The summed E-state index contributed by atoms with van der Waals surface area (Å²) in [5.41, 5.74) is 1.24. The molecule has 2 rings (SSSR count). The van der Waals surface area contributed by atoms with Crippen LogP contribution in [0.2, 0.25) is 0 Å².